The maximum Gasteiger partial charge on any atom is 0.387 e. The number of rotatable bonds is 6. The average Bonchev–Trinajstić information content (AvgIpc) is 2.89. The van der Waals surface area contributed by atoms with E-state index in [1.54, 1.807) is 25.1 Å². The fourth-order valence-electron chi connectivity index (χ4n) is 1.66. The van der Waals surface area contributed by atoms with E-state index in [4.69, 9.17) is 4.74 Å². The fourth-order valence-corrected chi connectivity index (χ4v) is 1.66. The molecule has 9 heteroatoms. The molecule has 0 atom stereocenters. The summed E-state index contributed by atoms with van der Waals surface area (Å²) in [5.41, 5.74) is 0.413. The van der Waals surface area contributed by atoms with Gasteiger partial charge < -0.3 is 9.47 Å². The predicted molar refractivity (Wildman–Crippen MR) is 65.9 cm³/mol. The van der Waals surface area contributed by atoms with Gasteiger partial charge in [-0.2, -0.15) is 8.78 Å². The van der Waals surface area contributed by atoms with Gasteiger partial charge >= 0.3 is 12.6 Å². The van der Waals surface area contributed by atoms with Crippen molar-refractivity contribution in [1.82, 2.24) is 20.2 Å². The van der Waals surface area contributed by atoms with E-state index in [-0.39, 0.29) is 24.7 Å². The molecule has 0 saturated carbocycles. The zero-order valence-electron chi connectivity index (χ0n) is 11.1. The van der Waals surface area contributed by atoms with Gasteiger partial charge in [-0.1, -0.05) is 18.2 Å². The minimum absolute atomic E-state index is 0.00203. The summed E-state index contributed by atoms with van der Waals surface area (Å²) in [7, 11) is 0. The van der Waals surface area contributed by atoms with Crippen LogP contribution in [0.4, 0.5) is 8.78 Å². The van der Waals surface area contributed by atoms with Gasteiger partial charge in [-0.15, -0.1) is 5.10 Å². The molecule has 0 aliphatic rings. The third-order valence-corrected chi connectivity index (χ3v) is 2.50. The average molecular weight is 298 g/mol. The lowest BCUT2D eigenvalue weighted by atomic mass is 10.2. The van der Waals surface area contributed by atoms with E-state index in [2.05, 4.69) is 20.3 Å². The summed E-state index contributed by atoms with van der Waals surface area (Å²) in [5.74, 6) is -0.795. The third-order valence-electron chi connectivity index (χ3n) is 2.50. The molecule has 0 unspecified atom stereocenters. The zero-order chi connectivity index (χ0) is 15.2. The summed E-state index contributed by atoms with van der Waals surface area (Å²) < 4.78 is 35.1. The Labute approximate surface area is 118 Å². The van der Waals surface area contributed by atoms with E-state index in [1.165, 1.54) is 6.07 Å². The maximum atomic E-state index is 12.3. The molecule has 2 aromatic rings. The summed E-state index contributed by atoms with van der Waals surface area (Å²) in [5, 5.41) is 10.6. The third kappa shape index (κ3) is 3.71. The van der Waals surface area contributed by atoms with Crippen LogP contribution in [0.5, 0.6) is 5.75 Å². The number of carbonyl (C=O) groups excluding carboxylic acids is 1. The summed E-state index contributed by atoms with van der Waals surface area (Å²) in [4.78, 5) is 11.6. The summed E-state index contributed by atoms with van der Waals surface area (Å²) >= 11 is 0. The molecule has 0 amide bonds. The highest BCUT2D eigenvalue weighted by Gasteiger charge is 2.18. The quantitative estimate of drug-likeness (QED) is 0.752. The van der Waals surface area contributed by atoms with Gasteiger partial charge in [-0.25, -0.2) is 9.48 Å². The van der Waals surface area contributed by atoms with Gasteiger partial charge in [0.05, 0.1) is 13.2 Å². The molecule has 0 fully saturated rings. The first kappa shape index (κ1) is 14.8. The van der Waals surface area contributed by atoms with E-state index < -0.39 is 12.6 Å². The SMILES string of the molecule is CCOC(=O)c1nnnn1Cc1ccccc1OC(F)F. The Bertz CT molecular complexity index is 618. The van der Waals surface area contributed by atoms with Gasteiger partial charge in [-0.05, 0) is 23.4 Å². The van der Waals surface area contributed by atoms with Gasteiger partial charge in [0.1, 0.15) is 5.75 Å². The predicted octanol–water partition coefficient (Wildman–Crippen LogP) is 1.50. The normalized spacial score (nSPS) is 10.7. The molecule has 1 heterocycles. The molecule has 0 bridgehead atoms. The largest absolute Gasteiger partial charge is 0.460 e. The molecule has 1 aromatic heterocycles. The van der Waals surface area contributed by atoms with Gasteiger partial charge in [0, 0.05) is 5.56 Å². The number of alkyl halides is 2. The van der Waals surface area contributed by atoms with Crippen LogP contribution in [0.25, 0.3) is 0 Å². The van der Waals surface area contributed by atoms with E-state index >= 15 is 0 Å². The smallest absolute Gasteiger partial charge is 0.387 e. The minimum atomic E-state index is -2.94. The summed E-state index contributed by atoms with van der Waals surface area (Å²) in [6, 6.07) is 6.19. The Hall–Kier alpha value is -2.58. The Kier molecular flexibility index (Phi) is 4.75. The summed E-state index contributed by atoms with van der Waals surface area (Å²) in [6.07, 6.45) is 0. The highest BCUT2D eigenvalue weighted by molar-refractivity contribution is 5.85. The number of aromatic nitrogens is 4. The highest BCUT2D eigenvalue weighted by atomic mass is 19.3. The van der Waals surface area contributed by atoms with Crippen molar-refractivity contribution in [2.24, 2.45) is 0 Å². The number of benzene rings is 1. The van der Waals surface area contributed by atoms with Gasteiger partial charge in [-0.3, -0.25) is 0 Å². The molecule has 2 rings (SSSR count). The van der Waals surface area contributed by atoms with E-state index in [1.807, 2.05) is 0 Å². The molecular weight excluding hydrogens is 286 g/mol. The molecule has 21 heavy (non-hydrogen) atoms. The molecule has 0 aliphatic heterocycles. The molecule has 0 radical (unpaired) electrons. The first-order chi connectivity index (χ1) is 10.1. The number of hydrogen-bond donors (Lipinski definition) is 0. The van der Waals surface area contributed by atoms with Crippen molar-refractivity contribution in [3.8, 4) is 5.75 Å². The van der Waals surface area contributed by atoms with Crippen molar-refractivity contribution in [1.29, 1.82) is 0 Å². The molecule has 0 N–H and O–H groups in total. The van der Waals surface area contributed by atoms with Crippen LogP contribution >= 0.6 is 0 Å². The second-order valence-electron chi connectivity index (χ2n) is 3.87. The Morgan fingerprint density at radius 3 is 2.86 bits per heavy atom. The van der Waals surface area contributed by atoms with Crippen LogP contribution in [0.2, 0.25) is 0 Å². The van der Waals surface area contributed by atoms with Gasteiger partial charge in [0.2, 0.25) is 0 Å². The van der Waals surface area contributed by atoms with Gasteiger partial charge in [0.25, 0.3) is 5.82 Å². The minimum Gasteiger partial charge on any atom is -0.460 e. The van der Waals surface area contributed by atoms with Crippen LogP contribution in [0, 0.1) is 0 Å². The number of nitrogens with zero attached hydrogens (tertiary/aromatic N) is 4. The molecule has 112 valence electrons. The van der Waals surface area contributed by atoms with Crippen LogP contribution in [0.1, 0.15) is 23.1 Å². The van der Waals surface area contributed by atoms with Crippen LogP contribution in [0.3, 0.4) is 0 Å². The highest BCUT2D eigenvalue weighted by Crippen LogP contribution is 2.21. The lowest BCUT2D eigenvalue weighted by molar-refractivity contribution is -0.0505. The van der Waals surface area contributed by atoms with E-state index in [0.717, 1.165) is 4.68 Å². The maximum absolute atomic E-state index is 12.3. The van der Waals surface area contributed by atoms with Crippen molar-refractivity contribution >= 4 is 5.97 Å². The van der Waals surface area contributed by atoms with Crippen LogP contribution in [0.15, 0.2) is 24.3 Å². The van der Waals surface area contributed by atoms with Crippen molar-refractivity contribution < 1.29 is 23.0 Å². The van der Waals surface area contributed by atoms with Crippen LogP contribution < -0.4 is 4.74 Å². The molecule has 0 aliphatic carbocycles. The lowest BCUT2D eigenvalue weighted by Crippen LogP contribution is -2.16. The number of para-hydroxylation sites is 1. The standard InChI is InChI=1S/C12H12F2N4O3/c1-2-20-11(19)10-15-16-17-18(10)7-8-5-3-4-6-9(8)21-12(13)14/h3-6,12H,2,7H2,1H3. The Balaban J connectivity index is 2.23. The van der Waals surface area contributed by atoms with Crippen molar-refractivity contribution in [3.63, 3.8) is 0 Å². The van der Waals surface area contributed by atoms with Crippen LogP contribution in [-0.2, 0) is 11.3 Å². The Morgan fingerprint density at radius 1 is 1.38 bits per heavy atom. The zero-order valence-corrected chi connectivity index (χ0v) is 11.1. The monoisotopic (exact) mass is 298 g/mol. The van der Waals surface area contributed by atoms with Crippen molar-refractivity contribution in [3.05, 3.63) is 35.7 Å². The first-order valence-electron chi connectivity index (χ1n) is 6.07. The molecule has 1 aromatic carbocycles. The second-order valence-corrected chi connectivity index (χ2v) is 3.87. The van der Waals surface area contributed by atoms with Crippen molar-refractivity contribution in [2.45, 2.75) is 20.1 Å². The van der Waals surface area contributed by atoms with E-state index in [9.17, 15) is 13.6 Å². The number of carbonyl (C=O) groups is 1. The number of hydrogen-bond acceptors (Lipinski definition) is 6. The molecule has 0 spiro atoms. The topological polar surface area (TPSA) is 79.1 Å². The van der Waals surface area contributed by atoms with E-state index in [0.29, 0.717) is 5.56 Å². The number of ether oxygens (including phenoxy) is 2. The number of halogens is 2. The molecule has 7 nitrogen and oxygen atoms in total. The lowest BCUT2D eigenvalue weighted by Gasteiger charge is -2.10. The van der Waals surface area contributed by atoms with Crippen LogP contribution in [-0.4, -0.2) is 39.4 Å². The first-order valence-corrected chi connectivity index (χ1v) is 6.07. The molecular formula is C12H12F2N4O3. The van der Waals surface area contributed by atoms with Crippen molar-refractivity contribution in [2.75, 3.05) is 6.61 Å². The Morgan fingerprint density at radius 2 is 2.14 bits per heavy atom. The molecule has 0 saturated heterocycles. The number of tetrazole rings is 1. The summed E-state index contributed by atoms with van der Waals surface area (Å²) in [6.45, 7) is -1.11. The van der Waals surface area contributed by atoms with Gasteiger partial charge in [0.15, 0.2) is 0 Å². The second kappa shape index (κ2) is 6.73. The fraction of sp³-hybridized carbons (Fsp3) is 0.333. The number of esters is 1.